The van der Waals surface area contributed by atoms with Crippen LogP contribution < -0.4 is 10.6 Å². The predicted molar refractivity (Wildman–Crippen MR) is 75.2 cm³/mol. The molecular weight excluding hydrogens is 288 g/mol. The molecule has 5 nitrogen and oxygen atoms in total. The zero-order chi connectivity index (χ0) is 13.9. The van der Waals surface area contributed by atoms with Crippen molar-refractivity contribution >= 4 is 33.0 Å². The average Bonchev–Trinajstić information content (AvgIpc) is 2.61. The smallest absolute Gasteiger partial charge is 0.238 e. The Bertz CT molecular complexity index is 547. The van der Waals surface area contributed by atoms with E-state index < -0.39 is 15.2 Å². The highest BCUT2D eigenvalue weighted by molar-refractivity contribution is 7.91. The van der Waals surface area contributed by atoms with E-state index in [-0.39, 0.29) is 30.0 Å². The lowest BCUT2D eigenvalue weighted by atomic mass is 10.2. The summed E-state index contributed by atoms with van der Waals surface area (Å²) in [6.45, 7) is 0.0400. The van der Waals surface area contributed by atoms with Gasteiger partial charge >= 0.3 is 0 Å². The van der Waals surface area contributed by atoms with Crippen LogP contribution in [0.4, 0.5) is 5.69 Å². The minimum atomic E-state index is -3.08. The summed E-state index contributed by atoms with van der Waals surface area (Å²) in [7, 11) is -3.08. The van der Waals surface area contributed by atoms with Gasteiger partial charge in [0.05, 0.1) is 23.4 Å². The number of para-hydroxylation sites is 1. The molecule has 2 rings (SSSR count). The lowest BCUT2D eigenvalue weighted by Gasteiger charge is -2.14. The average molecular weight is 303 g/mol. The number of hydrogen-bond donors (Lipinski definition) is 2. The van der Waals surface area contributed by atoms with E-state index in [4.69, 9.17) is 11.6 Å². The molecule has 7 heteroatoms. The van der Waals surface area contributed by atoms with Crippen LogP contribution in [0.3, 0.4) is 0 Å². The highest BCUT2D eigenvalue weighted by atomic mass is 35.5. The molecule has 0 radical (unpaired) electrons. The van der Waals surface area contributed by atoms with Gasteiger partial charge in [-0.1, -0.05) is 18.2 Å². The molecule has 0 saturated carbocycles. The van der Waals surface area contributed by atoms with Crippen LogP contribution in [0.2, 0.25) is 0 Å². The van der Waals surface area contributed by atoms with Crippen molar-refractivity contribution in [1.29, 1.82) is 0 Å². The molecule has 1 saturated heterocycles. The van der Waals surface area contributed by atoms with E-state index in [9.17, 15) is 13.2 Å². The van der Waals surface area contributed by atoms with Gasteiger partial charge in [0, 0.05) is 11.7 Å². The molecule has 0 aliphatic carbocycles. The fraction of sp³-hybridized carbons (Fsp3) is 0.417. The number of carbonyl (C=O) groups excluding carboxylic acids is 1. The number of rotatable bonds is 4. The van der Waals surface area contributed by atoms with Crippen LogP contribution in [0, 0.1) is 0 Å². The third kappa shape index (κ3) is 4.19. The molecule has 1 heterocycles. The Hall–Kier alpha value is -1.11. The second-order valence-electron chi connectivity index (χ2n) is 4.49. The number of benzene rings is 1. The van der Waals surface area contributed by atoms with Crippen molar-refractivity contribution in [2.24, 2.45) is 0 Å². The maximum atomic E-state index is 11.7. The quantitative estimate of drug-likeness (QED) is 0.800. The molecule has 1 fully saturated rings. The Morgan fingerprint density at radius 3 is 2.53 bits per heavy atom. The van der Waals surface area contributed by atoms with Crippen molar-refractivity contribution in [2.75, 3.05) is 23.4 Å². The van der Waals surface area contributed by atoms with Gasteiger partial charge < -0.3 is 10.6 Å². The normalized spacial score (nSPS) is 25.1. The van der Waals surface area contributed by atoms with Crippen LogP contribution in [0.5, 0.6) is 0 Å². The standard InChI is InChI=1S/C12H15ClN2O3S/c13-10-7-19(17,18)8-11(10)14-6-12(16)15-9-4-2-1-3-5-9/h1-5,10-11,14H,6-8H2,(H,15,16). The van der Waals surface area contributed by atoms with Crippen molar-refractivity contribution in [3.8, 4) is 0 Å². The van der Waals surface area contributed by atoms with Gasteiger partial charge in [0.1, 0.15) is 0 Å². The first-order valence-corrected chi connectivity index (χ1v) is 8.15. The molecule has 0 aromatic heterocycles. The number of nitrogens with one attached hydrogen (secondary N) is 2. The Labute approximate surface area is 117 Å². The topological polar surface area (TPSA) is 75.3 Å². The van der Waals surface area contributed by atoms with E-state index in [2.05, 4.69) is 10.6 Å². The highest BCUT2D eigenvalue weighted by Gasteiger charge is 2.36. The lowest BCUT2D eigenvalue weighted by Crippen LogP contribution is -2.41. The molecule has 2 N–H and O–H groups in total. The second kappa shape index (κ2) is 5.90. The summed E-state index contributed by atoms with van der Waals surface area (Å²) in [5.41, 5.74) is 0.704. The van der Waals surface area contributed by atoms with Crippen LogP contribution in [0.25, 0.3) is 0 Å². The fourth-order valence-corrected chi connectivity index (χ4v) is 4.55. The Morgan fingerprint density at radius 2 is 1.95 bits per heavy atom. The van der Waals surface area contributed by atoms with E-state index in [1.165, 1.54) is 0 Å². The summed E-state index contributed by atoms with van der Waals surface area (Å²) in [4.78, 5) is 11.7. The molecule has 2 atom stereocenters. The Kier molecular flexibility index (Phi) is 4.44. The van der Waals surface area contributed by atoms with E-state index in [1.54, 1.807) is 12.1 Å². The third-order valence-corrected chi connectivity index (χ3v) is 5.24. The summed E-state index contributed by atoms with van der Waals surface area (Å²) in [6, 6.07) is 8.69. The molecule has 1 aromatic rings. The van der Waals surface area contributed by atoms with E-state index in [1.807, 2.05) is 18.2 Å². The summed E-state index contributed by atoms with van der Waals surface area (Å²) in [6.07, 6.45) is 0. The molecule has 1 aliphatic heterocycles. The lowest BCUT2D eigenvalue weighted by molar-refractivity contribution is -0.115. The molecule has 2 unspecified atom stereocenters. The first-order valence-electron chi connectivity index (χ1n) is 5.89. The van der Waals surface area contributed by atoms with Crippen LogP contribution in [-0.2, 0) is 14.6 Å². The molecule has 1 aromatic carbocycles. The van der Waals surface area contributed by atoms with Crippen molar-refractivity contribution in [1.82, 2.24) is 5.32 Å². The molecular formula is C12H15ClN2O3S. The number of hydrogen-bond acceptors (Lipinski definition) is 4. The van der Waals surface area contributed by atoms with Crippen molar-refractivity contribution in [3.63, 3.8) is 0 Å². The van der Waals surface area contributed by atoms with E-state index in [0.29, 0.717) is 5.69 Å². The van der Waals surface area contributed by atoms with Crippen molar-refractivity contribution in [2.45, 2.75) is 11.4 Å². The molecule has 0 spiro atoms. The third-order valence-electron chi connectivity index (χ3n) is 2.87. The summed E-state index contributed by atoms with van der Waals surface area (Å²) in [5.74, 6) is -0.272. The van der Waals surface area contributed by atoms with Gasteiger partial charge in [0.25, 0.3) is 0 Å². The molecule has 104 valence electrons. The number of sulfone groups is 1. The number of carbonyl (C=O) groups is 1. The van der Waals surface area contributed by atoms with Gasteiger partial charge in [0.2, 0.25) is 5.91 Å². The van der Waals surface area contributed by atoms with Gasteiger partial charge in [-0.05, 0) is 12.1 Å². The zero-order valence-electron chi connectivity index (χ0n) is 10.2. The minimum Gasteiger partial charge on any atom is -0.325 e. The largest absolute Gasteiger partial charge is 0.325 e. The van der Waals surface area contributed by atoms with Crippen molar-refractivity contribution < 1.29 is 13.2 Å². The summed E-state index contributed by atoms with van der Waals surface area (Å²) < 4.78 is 22.7. The maximum absolute atomic E-state index is 11.7. The van der Waals surface area contributed by atoms with Gasteiger partial charge in [0.15, 0.2) is 9.84 Å². The number of alkyl halides is 1. The molecule has 1 amide bonds. The Morgan fingerprint density at radius 1 is 1.26 bits per heavy atom. The maximum Gasteiger partial charge on any atom is 0.238 e. The SMILES string of the molecule is O=C(CNC1CS(=O)(=O)CC1Cl)Nc1ccccc1. The van der Waals surface area contributed by atoms with Gasteiger partial charge in [-0.15, -0.1) is 11.6 Å². The summed E-state index contributed by atoms with van der Waals surface area (Å²) in [5, 5.41) is 5.11. The number of halogens is 1. The predicted octanol–water partition coefficient (Wildman–Crippen LogP) is 0.619. The van der Waals surface area contributed by atoms with Gasteiger partial charge in [-0.25, -0.2) is 8.42 Å². The van der Waals surface area contributed by atoms with E-state index in [0.717, 1.165) is 0 Å². The van der Waals surface area contributed by atoms with Crippen LogP contribution >= 0.6 is 11.6 Å². The number of anilines is 1. The number of amides is 1. The Balaban J connectivity index is 1.81. The van der Waals surface area contributed by atoms with Crippen LogP contribution in [0.15, 0.2) is 30.3 Å². The second-order valence-corrected chi connectivity index (χ2v) is 7.21. The highest BCUT2D eigenvalue weighted by Crippen LogP contribution is 2.17. The van der Waals surface area contributed by atoms with Crippen LogP contribution in [-0.4, -0.2) is 43.8 Å². The monoisotopic (exact) mass is 302 g/mol. The van der Waals surface area contributed by atoms with E-state index >= 15 is 0 Å². The molecule has 1 aliphatic rings. The van der Waals surface area contributed by atoms with Crippen molar-refractivity contribution in [3.05, 3.63) is 30.3 Å². The summed E-state index contributed by atoms with van der Waals surface area (Å²) >= 11 is 5.93. The molecule has 19 heavy (non-hydrogen) atoms. The van der Waals surface area contributed by atoms with Gasteiger partial charge in [-0.2, -0.15) is 0 Å². The minimum absolute atomic E-state index is 0.0141. The first kappa shape index (κ1) is 14.3. The molecule has 0 bridgehead atoms. The fourth-order valence-electron chi connectivity index (χ4n) is 1.94. The first-order chi connectivity index (χ1) is 8.96. The zero-order valence-corrected chi connectivity index (χ0v) is 11.7. The van der Waals surface area contributed by atoms with Gasteiger partial charge in [-0.3, -0.25) is 4.79 Å². The van der Waals surface area contributed by atoms with Crippen LogP contribution in [0.1, 0.15) is 0 Å².